The van der Waals surface area contributed by atoms with E-state index >= 15 is 0 Å². The summed E-state index contributed by atoms with van der Waals surface area (Å²) in [6, 6.07) is -1.19. The molecule has 0 aromatic carbocycles. The van der Waals surface area contributed by atoms with Crippen molar-refractivity contribution in [3.05, 3.63) is 0 Å². The lowest BCUT2D eigenvalue weighted by Gasteiger charge is -2.22. The van der Waals surface area contributed by atoms with Crippen LogP contribution >= 0.6 is 0 Å². The van der Waals surface area contributed by atoms with E-state index in [1.165, 1.54) is 39.0 Å². The van der Waals surface area contributed by atoms with Gasteiger partial charge in [-0.15, -0.1) is 0 Å². The Bertz CT molecular complexity index is 794. The highest BCUT2D eigenvalue weighted by Gasteiger charge is 2.20. The first kappa shape index (κ1) is 40.3. The van der Waals surface area contributed by atoms with Crippen LogP contribution in [0.3, 0.4) is 0 Å². The quantitative estimate of drug-likeness (QED) is 0.0656. The van der Waals surface area contributed by atoms with Gasteiger partial charge in [0.2, 0.25) is 23.6 Å². The fourth-order valence-electron chi connectivity index (χ4n) is 4.48. The molecular formula is C31H59N5O7. The number of carbonyl (C=O) groups is 5. The van der Waals surface area contributed by atoms with Crippen molar-refractivity contribution in [2.75, 3.05) is 26.2 Å². The van der Waals surface area contributed by atoms with E-state index in [0.717, 1.165) is 25.8 Å². The summed E-state index contributed by atoms with van der Waals surface area (Å²) in [6.07, 6.45) is 10.7. The average molecular weight is 614 g/mol. The van der Waals surface area contributed by atoms with Crippen molar-refractivity contribution in [1.82, 2.24) is 26.6 Å². The molecule has 0 saturated heterocycles. The van der Waals surface area contributed by atoms with Gasteiger partial charge in [0.05, 0.1) is 18.6 Å². The largest absolute Gasteiger partial charge is 0.481 e. The summed E-state index contributed by atoms with van der Waals surface area (Å²) in [6.45, 7) is 7.92. The highest BCUT2D eigenvalue weighted by molar-refractivity contribution is 5.87. The maximum Gasteiger partial charge on any atom is 0.303 e. The van der Waals surface area contributed by atoms with Gasteiger partial charge in [0, 0.05) is 32.4 Å². The molecule has 0 radical (unpaired) electrons. The molecule has 0 aliphatic rings. The molecule has 0 spiro atoms. The molecule has 0 bridgehead atoms. The molecule has 2 unspecified atom stereocenters. The maximum absolute atomic E-state index is 12.5. The molecule has 0 aromatic rings. The molecule has 250 valence electrons. The zero-order valence-electron chi connectivity index (χ0n) is 26.8. The van der Waals surface area contributed by atoms with Gasteiger partial charge in [0.15, 0.2) is 0 Å². The number of aliphatic carboxylic acids is 1. The third-order valence-electron chi connectivity index (χ3n) is 7.16. The topological polar surface area (TPSA) is 186 Å². The Morgan fingerprint density at radius 2 is 1.23 bits per heavy atom. The number of unbranched alkanes of at least 4 members (excludes halogenated alkanes) is 6. The van der Waals surface area contributed by atoms with Crippen LogP contribution in [0.25, 0.3) is 0 Å². The van der Waals surface area contributed by atoms with Gasteiger partial charge >= 0.3 is 5.97 Å². The summed E-state index contributed by atoms with van der Waals surface area (Å²) in [4.78, 5) is 59.2. The number of nitrogens with one attached hydrogen (secondary N) is 5. The lowest BCUT2D eigenvalue weighted by atomic mass is 10.1. The lowest BCUT2D eigenvalue weighted by molar-refractivity contribution is -0.139. The number of carboxylic acid groups (broad SMARTS) is 1. The Morgan fingerprint density at radius 3 is 1.88 bits per heavy atom. The van der Waals surface area contributed by atoms with Crippen molar-refractivity contribution in [1.29, 1.82) is 0 Å². The molecule has 0 aromatic heterocycles. The van der Waals surface area contributed by atoms with Gasteiger partial charge in [-0.2, -0.15) is 0 Å². The lowest BCUT2D eigenvalue weighted by Crippen LogP contribution is -2.47. The van der Waals surface area contributed by atoms with Crippen LogP contribution in [-0.4, -0.2) is 84.2 Å². The van der Waals surface area contributed by atoms with E-state index in [4.69, 9.17) is 5.11 Å². The average Bonchev–Trinajstić information content (AvgIpc) is 2.96. The van der Waals surface area contributed by atoms with Crippen LogP contribution in [0, 0.1) is 0 Å². The summed E-state index contributed by atoms with van der Waals surface area (Å²) in [7, 11) is 0. The van der Waals surface area contributed by atoms with E-state index in [1.807, 2.05) is 6.92 Å². The summed E-state index contributed by atoms with van der Waals surface area (Å²) >= 11 is 0. The first-order valence-corrected chi connectivity index (χ1v) is 16.3. The van der Waals surface area contributed by atoms with Crippen LogP contribution in [-0.2, 0) is 24.0 Å². The van der Waals surface area contributed by atoms with E-state index in [-0.39, 0.29) is 30.6 Å². The standard InChI is InChI=1S/C31H59N5O7/c1-4-6-7-8-9-10-11-16-27(38)33-23-14-21-32-20-13-17-28(39)35-25(5-2)31(43)34-22-12-15-26(24(3)37)36-29(40)18-19-30(41)42/h24-26,32,37H,4-23H2,1-3H3,(H,33,38)(H,34,43)(H,35,39)(H,36,40)(H,41,42)/t24?,25-,26?/m1/s1. The van der Waals surface area contributed by atoms with Gasteiger partial charge in [0.25, 0.3) is 0 Å². The molecule has 0 rings (SSSR count). The zero-order chi connectivity index (χ0) is 32.3. The number of aliphatic hydroxyl groups is 1. The second-order valence-electron chi connectivity index (χ2n) is 11.2. The number of aliphatic hydroxyl groups excluding tert-OH is 1. The van der Waals surface area contributed by atoms with Gasteiger partial charge in [-0.1, -0.05) is 52.4 Å². The summed E-state index contributed by atoms with van der Waals surface area (Å²) in [5.74, 6) is -1.88. The Morgan fingerprint density at radius 1 is 0.628 bits per heavy atom. The Labute approximate surface area is 258 Å². The molecule has 43 heavy (non-hydrogen) atoms. The number of hydrogen-bond donors (Lipinski definition) is 7. The van der Waals surface area contributed by atoms with Crippen molar-refractivity contribution in [3.63, 3.8) is 0 Å². The minimum Gasteiger partial charge on any atom is -0.481 e. The van der Waals surface area contributed by atoms with E-state index in [9.17, 15) is 29.1 Å². The fraction of sp³-hybridized carbons (Fsp3) is 0.839. The van der Waals surface area contributed by atoms with Gasteiger partial charge in [-0.3, -0.25) is 24.0 Å². The predicted molar refractivity (Wildman–Crippen MR) is 167 cm³/mol. The van der Waals surface area contributed by atoms with Crippen molar-refractivity contribution in [2.24, 2.45) is 0 Å². The summed E-state index contributed by atoms with van der Waals surface area (Å²) in [5, 5.41) is 33.0. The molecule has 12 nitrogen and oxygen atoms in total. The second-order valence-corrected chi connectivity index (χ2v) is 11.2. The van der Waals surface area contributed by atoms with Crippen LogP contribution in [0.15, 0.2) is 0 Å². The Balaban J connectivity index is 3.95. The minimum absolute atomic E-state index is 0.113. The molecule has 0 fully saturated rings. The number of carbonyl (C=O) groups excluding carboxylic acids is 4. The Kier molecular flexibility index (Phi) is 25.2. The molecule has 4 amide bonds. The minimum atomic E-state index is -1.07. The van der Waals surface area contributed by atoms with Crippen molar-refractivity contribution in [2.45, 2.75) is 142 Å². The molecular weight excluding hydrogens is 554 g/mol. The molecule has 0 aliphatic carbocycles. The number of hydrogen-bond acceptors (Lipinski definition) is 7. The third-order valence-corrected chi connectivity index (χ3v) is 7.16. The van der Waals surface area contributed by atoms with Crippen LogP contribution in [0.2, 0.25) is 0 Å². The SMILES string of the molecule is CCCCCCCCCC(=O)NCCCNCCCC(=O)N[C@H](CC)C(=O)NCCCC(NC(=O)CCC(=O)O)C(C)O. The van der Waals surface area contributed by atoms with E-state index < -0.39 is 30.1 Å². The molecule has 7 N–H and O–H groups in total. The van der Waals surface area contributed by atoms with Gasteiger partial charge in [0.1, 0.15) is 6.04 Å². The van der Waals surface area contributed by atoms with Crippen LogP contribution in [0.5, 0.6) is 0 Å². The first-order valence-electron chi connectivity index (χ1n) is 16.3. The second kappa shape index (κ2) is 26.9. The van der Waals surface area contributed by atoms with Crippen molar-refractivity contribution in [3.8, 4) is 0 Å². The molecule has 3 atom stereocenters. The number of rotatable bonds is 28. The normalized spacial score (nSPS) is 13.0. The smallest absolute Gasteiger partial charge is 0.303 e. The van der Waals surface area contributed by atoms with Crippen molar-refractivity contribution >= 4 is 29.6 Å². The van der Waals surface area contributed by atoms with E-state index in [1.54, 1.807) is 0 Å². The van der Waals surface area contributed by atoms with Gasteiger partial charge in [-0.25, -0.2) is 0 Å². The molecule has 0 saturated carbocycles. The van der Waals surface area contributed by atoms with Crippen LogP contribution < -0.4 is 26.6 Å². The highest BCUT2D eigenvalue weighted by atomic mass is 16.4. The highest BCUT2D eigenvalue weighted by Crippen LogP contribution is 2.08. The Hall–Kier alpha value is -2.73. The third kappa shape index (κ3) is 24.4. The number of amides is 4. The predicted octanol–water partition coefficient (Wildman–Crippen LogP) is 2.52. The molecule has 0 aliphatic heterocycles. The van der Waals surface area contributed by atoms with Gasteiger partial charge in [-0.05, 0) is 58.5 Å². The summed E-state index contributed by atoms with van der Waals surface area (Å²) in [5.41, 5.74) is 0. The van der Waals surface area contributed by atoms with Gasteiger partial charge < -0.3 is 36.8 Å². The van der Waals surface area contributed by atoms with E-state index in [0.29, 0.717) is 58.2 Å². The van der Waals surface area contributed by atoms with E-state index in [2.05, 4.69) is 33.5 Å². The van der Waals surface area contributed by atoms with Crippen molar-refractivity contribution < 1.29 is 34.2 Å². The maximum atomic E-state index is 12.5. The summed E-state index contributed by atoms with van der Waals surface area (Å²) < 4.78 is 0. The zero-order valence-corrected chi connectivity index (χ0v) is 26.8. The molecule has 0 heterocycles. The number of carboxylic acids is 1. The first-order chi connectivity index (χ1) is 20.6. The van der Waals surface area contributed by atoms with Crippen LogP contribution in [0.4, 0.5) is 0 Å². The molecule has 12 heteroatoms. The fourth-order valence-corrected chi connectivity index (χ4v) is 4.48. The monoisotopic (exact) mass is 613 g/mol. The van der Waals surface area contributed by atoms with Crippen LogP contribution in [0.1, 0.15) is 124 Å².